The predicted molar refractivity (Wildman–Crippen MR) is 64.9 cm³/mol. The molecule has 0 radical (unpaired) electrons. The Kier molecular flexibility index (Phi) is 4.45. The van der Waals surface area contributed by atoms with Crippen LogP contribution in [0.25, 0.3) is 0 Å². The molecule has 0 spiro atoms. The van der Waals surface area contributed by atoms with Crippen molar-refractivity contribution in [1.82, 2.24) is 9.80 Å². The molecule has 15 heavy (non-hydrogen) atoms. The topological polar surface area (TPSA) is 6.48 Å². The second-order valence-corrected chi connectivity index (χ2v) is 5.08. The molecule has 2 heterocycles. The predicted octanol–water partition coefficient (Wildman–Crippen LogP) is 2.69. The van der Waals surface area contributed by atoms with Gasteiger partial charge in [-0.1, -0.05) is 19.8 Å². The van der Waals surface area contributed by atoms with Gasteiger partial charge in [-0.3, -0.25) is 9.80 Å². The molecule has 0 N–H and O–H groups in total. The summed E-state index contributed by atoms with van der Waals surface area (Å²) in [6.45, 7) is 7.72. The highest BCUT2D eigenvalue weighted by Crippen LogP contribution is 2.20. The Bertz CT molecular complexity index is 151. The number of rotatable bonds is 3. The second kappa shape index (κ2) is 5.86. The molecule has 0 bridgehead atoms. The monoisotopic (exact) mass is 210 g/mol. The lowest BCUT2D eigenvalue weighted by Crippen LogP contribution is -2.51. The maximum Gasteiger partial charge on any atom is 0.0619 e. The molecule has 0 aromatic carbocycles. The van der Waals surface area contributed by atoms with E-state index in [1.807, 2.05) is 0 Å². The first kappa shape index (κ1) is 11.4. The summed E-state index contributed by atoms with van der Waals surface area (Å²) < 4.78 is 0. The van der Waals surface area contributed by atoms with E-state index >= 15 is 0 Å². The fraction of sp³-hybridized carbons (Fsp3) is 1.00. The van der Waals surface area contributed by atoms with Crippen LogP contribution in [0.1, 0.15) is 51.9 Å². The van der Waals surface area contributed by atoms with E-state index in [1.165, 1.54) is 71.1 Å². The molecule has 0 aromatic heterocycles. The first-order valence-corrected chi connectivity index (χ1v) is 6.90. The Labute approximate surface area is 94.6 Å². The van der Waals surface area contributed by atoms with Crippen molar-refractivity contribution in [3.8, 4) is 0 Å². The maximum absolute atomic E-state index is 2.73. The van der Waals surface area contributed by atoms with Crippen molar-refractivity contribution >= 4 is 0 Å². The molecule has 0 amide bonds. The Hall–Kier alpha value is -0.0800. The van der Waals surface area contributed by atoms with Crippen molar-refractivity contribution < 1.29 is 0 Å². The van der Waals surface area contributed by atoms with Gasteiger partial charge in [0.1, 0.15) is 0 Å². The molecule has 2 saturated heterocycles. The van der Waals surface area contributed by atoms with Gasteiger partial charge < -0.3 is 0 Å². The molecule has 2 aliphatic heterocycles. The van der Waals surface area contributed by atoms with Crippen LogP contribution in [0.15, 0.2) is 0 Å². The Morgan fingerprint density at radius 1 is 0.733 bits per heavy atom. The van der Waals surface area contributed by atoms with Crippen LogP contribution in [0.2, 0.25) is 0 Å². The van der Waals surface area contributed by atoms with E-state index in [9.17, 15) is 0 Å². The number of likely N-dealkylation sites (tertiary alicyclic amines) is 2. The zero-order valence-electron chi connectivity index (χ0n) is 10.2. The molecule has 0 saturated carbocycles. The highest BCUT2D eigenvalue weighted by molar-refractivity contribution is 4.77. The van der Waals surface area contributed by atoms with E-state index in [0.29, 0.717) is 0 Å². The SMILES string of the molecule is CCC(N1CCCCC1)N1CCCCC1. The van der Waals surface area contributed by atoms with E-state index in [2.05, 4.69) is 16.7 Å². The highest BCUT2D eigenvalue weighted by atomic mass is 15.4. The Morgan fingerprint density at radius 3 is 1.47 bits per heavy atom. The van der Waals surface area contributed by atoms with E-state index in [1.54, 1.807) is 0 Å². The summed E-state index contributed by atoms with van der Waals surface area (Å²) in [6, 6.07) is 0. The standard InChI is InChI=1S/C13H26N2/c1-2-13(14-9-5-3-6-10-14)15-11-7-4-8-12-15/h13H,2-12H2,1H3. The lowest BCUT2D eigenvalue weighted by Gasteiger charge is -2.42. The average Bonchev–Trinajstić information content (AvgIpc) is 2.33. The zero-order chi connectivity index (χ0) is 10.5. The quantitative estimate of drug-likeness (QED) is 0.706. The van der Waals surface area contributed by atoms with Crippen LogP contribution in [-0.4, -0.2) is 42.1 Å². The first-order chi connectivity index (χ1) is 7.42. The van der Waals surface area contributed by atoms with Gasteiger partial charge in [0, 0.05) is 0 Å². The molecule has 2 heteroatoms. The summed E-state index contributed by atoms with van der Waals surface area (Å²) in [6.07, 6.45) is 10.6. The lowest BCUT2D eigenvalue weighted by molar-refractivity contribution is 0.0149. The van der Waals surface area contributed by atoms with E-state index in [4.69, 9.17) is 0 Å². The summed E-state index contributed by atoms with van der Waals surface area (Å²) in [5, 5.41) is 0. The molecule has 2 nitrogen and oxygen atoms in total. The van der Waals surface area contributed by atoms with E-state index in [0.717, 1.165) is 6.17 Å². The van der Waals surface area contributed by atoms with Crippen LogP contribution in [0.4, 0.5) is 0 Å². The normalized spacial score (nSPS) is 26.0. The van der Waals surface area contributed by atoms with Crippen LogP contribution in [0.3, 0.4) is 0 Å². The fourth-order valence-electron chi connectivity index (χ4n) is 3.18. The van der Waals surface area contributed by atoms with Gasteiger partial charge in [0.2, 0.25) is 0 Å². The molecule has 0 unspecified atom stereocenters. The van der Waals surface area contributed by atoms with Gasteiger partial charge in [0.05, 0.1) is 6.17 Å². The van der Waals surface area contributed by atoms with Gasteiger partial charge in [0.15, 0.2) is 0 Å². The molecule has 2 rings (SSSR count). The fourth-order valence-corrected chi connectivity index (χ4v) is 3.18. The summed E-state index contributed by atoms with van der Waals surface area (Å²) in [4.78, 5) is 5.46. The van der Waals surface area contributed by atoms with Gasteiger partial charge in [-0.05, 0) is 58.3 Å². The molecule has 0 atom stereocenters. The number of hydrogen-bond donors (Lipinski definition) is 0. The minimum Gasteiger partial charge on any atom is -0.288 e. The van der Waals surface area contributed by atoms with Crippen molar-refractivity contribution in [2.45, 2.75) is 58.0 Å². The molecular formula is C13H26N2. The molecule has 2 aliphatic rings. The number of nitrogens with zero attached hydrogens (tertiary/aromatic N) is 2. The molecule has 2 fully saturated rings. The van der Waals surface area contributed by atoms with Crippen molar-refractivity contribution in [3.05, 3.63) is 0 Å². The van der Waals surface area contributed by atoms with Crippen molar-refractivity contribution in [1.29, 1.82) is 0 Å². The van der Waals surface area contributed by atoms with Crippen molar-refractivity contribution in [3.63, 3.8) is 0 Å². The molecule has 0 aromatic rings. The minimum absolute atomic E-state index is 0.755. The van der Waals surface area contributed by atoms with Crippen LogP contribution >= 0.6 is 0 Å². The van der Waals surface area contributed by atoms with Gasteiger partial charge >= 0.3 is 0 Å². The largest absolute Gasteiger partial charge is 0.288 e. The van der Waals surface area contributed by atoms with Crippen LogP contribution in [0, 0.1) is 0 Å². The highest BCUT2D eigenvalue weighted by Gasteiger charge is 2.25. The number of hydrogen-bond acceptors (Lipinski definition) is 2. The summed E-state index contributed by atoms with van der Waals surface area (Å²) in [7, 11) is 0. The van der Waals surface area contributed by atoms with E-state index in [-0.39, 0.29) is 0 Å². The van der Waals surface area contributed by atoms with Crippen LogP contribution in [-0.2, 0) is 0 Å². The summed E-state index contributed by atoms with van der Waals surface area (Å²) >= 11 is 0. The maximum atomic E-state index is 2.73. The smallest absolute Gasteiger partial charge is 0.0619 e. The second-order valence-electron chi connectivity index (χ2n) is 5.08. The van der Waals surface area contributed by atoms with Gasteiger partial charge in [-0.15, -0.1) is 0 Å². The Morgan fingerprint density at radius 2 is 1.13 bits per heavy atom. The van der Waals surface area contributed by atoms with Crippen LogP contribution < -0.4 is 0 Å². The van der Waals surface area contributed by atoms with E-state index < -0.39 is 0 Å². The molecular weight excluding hydrogens is 184 g/mol. The zero-order valence-corrected chi connectivity index (χ0v) is 10.2. The first-order valence-electron chi connectivity index (χ1n) is 6.90. The summed E-state index contributed by atoms with van der Waals surface area (Å²) in [5.74, 6) is 0. The van der Waals surface area contributed by atoms with Crippen molar-refractivity contribution in [2.75, 3.05) is 26.2 Å². The van der Waals surface area contributed by atoms with Crippen LogP contribution in [0.5, 0.6) is 0 Å². The van der Waals surface area contributed by atoms with Gasteiger partial charge in [-0.2, -0.15) is 0 Å². The molecule has 88 valence electrons. The molecule has 0 aliphatic carbocycles. The van der Waals surface area contributed by atoms with Crippen molar-refractivity contribution in [2.24, 2.45) is 0 Å². The van der Waals surface area contributed by atoms with Gasteiger partial charge in [-0.25, -0.2) is 0 Å². The summed E-state index contributed by atoms with van der Waals surface area (Å²) in [5.41, 5.74) is 0. The Balaban J connectivity index is 1.88. The lowest BCUT2D eigenvalue weighted by atomic mass is 10.1. The third kappa shape index (κ3) is 2.94. The minimum atomic E-state index is 0.755. The average molecular weight is 210 g/mol. The third-order valence-corrected chi connectivity index (χ3v) is 3.99. The number of piperidine rings is 2. The van der Waals surface area contributed by atoms with Gasteiger partial charge in [0.25, 0.3) is 0 Å². The third-order valence-electron chi connectivity index (χ3n) is 3.99.